The largest absolute Gasteiger partial charge is 0.552 e. The molecule has 2 aromatic heterocycles. The van der Waals surface area contributed by atoms with Crippen LogP contribution in [0, 0.1) is 5.92 Å². The number of hydrogen-bond donors (Lipinski definition) is 3. The van der Waals surface area contributed by atoms with Crippen LogP contribution >= 0.6 is 11.9 Å². The van der Waals surface area contributed by atoms with Gasteiger partial charge in [-0.1, -0.05) is 11.9 Å². The Morgan fingerprint density at radius 1 is 1.54 bits per heavy atom. The fourth-order valence-electron chi connectivity index (χ4n) is 3.39. The highest BCUT2D eigenvalue weighted by molar-refractivity contribution is 7.97. The second kappa shape index (κ2) is 6.80. The van der Waals surface area contributed by atoms with Gasteiger partial charge in [0.2, 0.25) is 0 Å². The summed E-state index contributed by atoms with van der Waals surface area (Å²) in [5, 5.41) is 11.1. The molecule has 2 aromatic rings. The summed E-state index contributed by atoms with van der Waals surface area (Å²) >= 11 is 1.72. The van der Waals surface area contributed by atoms with Crippen LogP contribution in [0.25, 0.3) is 16.6 Å². The van der Waals surface area contributed by atoms with Crippen molar-refractivity contribution >= 4 is 35.7 Å². The first-order valence-electron chi connectivity index (χ1n) is 8.15. The Balaban J connectivity index is 1.50. The van der Waals surface area contributed by atoms with Crippen molar-refractivity contribution in [3.8, 4) is 5.75 Å². The van der Waals surface area contributed by atoms with Gasteiger partial charge in [0.15, 0.2) is 0 Å². The van der Waals surface area contributed by atoms with Crippen LogP contribution in [0.4, 0.5) is 0 Å². The van der Waals surface area contributed by atoms with E-state index in [0.717, 1.165) is 41.8 Å². The van der Waals surface area contributed by atoms with Crippen molar-refractivity contribution in [2.75, 3.05) is 19.5 Å². The highest BCUT2D eigenvalue weighted by Crippen LogP contribution is 2.46. The fraction of sp³-hybridized carbons (Fsp3) is 0.438. The van der Waals surface area contributed by atoms with Crippen molar-refractivity contribution in [3.05, 3.63) is 30.0 Å². The van der Waals surface area contributed by atoms with E-state index in [0.29, 0.717) is 17.7 Å². The lowest BCUT2D eigenvalue weighted by Crippen LogP contribution is -2.40. The number of nitrogens with one attached hydrogen (secondary N) is 2. The normalized spacial score (nSPS) is 22.8. The molecular weight excluding hydrogens is 325 g/mol. The summed E-state index contributed by atoms with van der Waals surface area (Å²) in [7, 11) is 0.825. The quantitative estimate of drug-likeness (QED) is 0.422. The average Bonchev–Trinajstić information content (AvgIpc) is 3.00. The molecule has 0 atom stereocenters. The average molecular weight is 345 g/mol. The number of hydrogen-bond acceptors (Lipinski definition) is 6. The van der Waals surface area contributed by atoms with Gasteiger partial charge in [0.05, 0.1) is 12.8 Å². The predicted octanol–water partition coefficient (Wildman–Crippen LogP) is 2.02. The van der Waals surface area contributed by atoms with E-state index < -0.39 is 7.12 Å². The monoisotopic (exact) mass is 345 g/mol. The first kappa shape index (κ1) is 16.0. The zero-order valence-electron chi connectivity index (χ0n) is 13.5. The number of allylic oxidation sites excluding steroid dienone is 1. The van der Waals surface area contributed by atoms with E-state index >= 15 is 0 Å². The van der Waals surface area contributed by atoms with Crippen molar-refractivity contribution in [3.63, 3.8) is 0 Å². The van der Waals surface area contributed by atoms with Crippen LogP contribution in [0.5, 0.6) is 5.75 Å². The van der Waals surface area contributed by atoms with Gasteiger partial charge in [-0.05, 0) is 36.4 Å². The molecule has 0 saturated heterocycles. The summed E-state index contributed by atoms with van der Waals surface area (Å²) < 4.78 is 14.1. The first-order chi connectivity index (χ1) is 11.8. The van der Waals surface area contributed by atoms with Gasteiger partial charge in [-0.15, -0.1) is 0 Å². The smallest absolute Gasteiger partial charge is 0.531 e. The van der Waals surface area contributed by atoms with Gasteiger partial charge in [0.1, 0.15) is 11.4 Å². The van der Waals surface area contributed by atoms with Crippen molar-refractivity contribution in [2.45, 2.75) is 18.9 Å². The number of aromatic nitrogens is 2. The highest BCUT2D eigenvalue weighted by atomic mass is 32.2. The molecule has 4 rings (SSSR count). The Morgan fingerprint density at radius 3 is 3.25 bits per heavy atom. The number of methoxy groups -OCH3 is 1. The molecule has 1 saturated carbocycles. The Labute approximate surface area is 145 Å². The first-order valence-corrected chi connectivity index (χ1v) is 9.14. The lowest BCUT2D eigenvalue weighted by Gasteiger charge is -2.39. The van der Waals surface area contributed by atoms with Gasteiger partial charge in [-0.25, -0.2) is 4.98 Å². The molecule has 0 bridgehead atoms. The van der Waals surface area contributed by atoms with E-state index in [1.807, 2.05) is 18.2 Å². The van der Waals surface area contributed by atoms with Gasteiger partial charge in [-0.3, -0.25) is 4.72 Å². The topological polar surface area (TPSA) is 79.4 Å². The molecule has 0 aromatic carbocycles. The second-order valence-corrected chi connectivity index (χ2v) is 7.12. The standard InChI is InChI=1S/C16H20BN3O3S/c1-22-4-5-24-20-11-6-10(7-11)13-8-17(21)23-14-9-19-16-12(15(13)14)2-3-18-16/h2-3,8-11,20-21H,4-7H2,1H3,(H,18,19). The second-order valence-electron chi connectivity index (χ2n) is 6.19. The molecule has 3 heterocycles. The maximum atomic E-state index is 10.0. The zero-order valence-corrected chi connectivity index (χ0v) is 14.3. The van der Waals surface area contributed by atoms with Crippen LogP contribution in [0.15, 0.2) is 24.4 Å². The number of aromatic amines is 1. The van der Waals surface area contributed by atoms with E-state index in [9.17, 15) is 5.02 Å². The van der Waals surface area contributed by atoms with Crippen molar-refractivity contribution in [1.82, 2.24) is 14.7 Å². The van der Waals surface area contributed by atoms with Crippen LogP contribution in [-0.4, -0.2) is 47.6 Å². The van der Waals surface area contributed by atoms with E-state index in [4.69, 9.17) is 9.39 Å². The van der Waals surface area contributed by atoms with Crippen LogP contribution in [0.3, 0.4) is 0 Å². The van der Waals surface area contributed by atoms with Crippen LogP contribution in [0.1, 0.15) is 18.4 Å². The van der Waals surface area contributed by atoms with E-state index in [1.165, 1.54) is 5.57 Å². The third kappa shape index (κ3) is 2.95. The molecule has 1 aliphatic heterocycles. The third-order valence-electron chi connectivity index (χ3n) is 4.63. The van der Waals surface area contributed by atoms with Gasteiger partial charge >= 0.3 is 7.12 Å². The summed E-state index contributed by atoms with van der Waals surface area (Å²) in [6.45, 7) is 0.758. The molecule has 0 unspecified atom stereocenters. The molecule has 2 aliphatic rings. The Morgan fingerprint density at radius 2 is 2.42 bits per heavy atom. The lowest BCUT2D eigenvalue weighted by atomic mass is 9.68. The summed E-state index contributed by atoms with van der Waals surface area (Å²) in [5.41, 5.74) is 3.10. The maximum Gasteiger partial charge on any atom is 0.552 e. The van der Waals surface area contributed by atoms with E-state index in [1.54, 1.807) is 25.3 Å². The van der Waals surface area contributed by atoms with Gasteiger partial charge in [-0.2, -0.15) is 0 Å². The number of fused-ring (bicyclic) bond motifs is 3. The van der Waals surface area contributed by atoms with Gasteiger partial charge in [0, 0.05) is 36.1 Å². The molecule has 1 aliphatic carbocycles. The molecule has 1 fully saturated rings. The maximum absolute atomic E-state index is 10.0. The number of ether oxygens (including phenoxy) is 1. The van der Waals surface area contributed by atoms with Crippen molar-refractivity contribution < 1.29 is 14.4 Å². The minimum absolute atomic E-state index is 0.434. The third-order valence-corrected chi connectivity index (χ3v) is 5.50. The zero-order chi connectivity index (χ0) is 16.5. The molecule has 24 heavy (non-hydrogen) atoms. The molecule has 126 valence electrons. The summed E-state index contributed by atoms with van der Waals surface area (Å²) in [6, 6.07) is 2.52. The van der Waals surface area contributed by atoms with Crippen LogP contribution in [-0.2, 0) is 4.74 Å². The summed E-state index contributed by atoms with van der Waals surface area (Å²) in [5.74, 6) is 3.89. The predicted molar refractivity (Wildman–Crippen MR) is 96.7 cm³/mol. The Kier molecular flexibility index (Phi) is 4.54. The fourth-order valence-corrected chi connectivity index (χ4v) is 4.18. The molecule has 0 radical (unpaired) electrons. The molecular formula is C16H20BN3O3S. The van der Waals surface area contributed by atoms with Gasteiger partial charge < -0.3 is 19.4 Å². The SMILES string of the molecule is COCCSNC1CC(C2=CB(O)Oc3cnc4[nH]ccc4c32)C1. The molecule has 8 heteroatoms. The van der Waals surface area contributed by atoms with Gasteiger partial charge in [0.25, 0.3) is 0 Å². The van der Waals surface area contributed by atoms with Crippen molar-refractivity contribution in [2.24, 2.45) is 5.92 Å². The van der Waals surface area contributed by atoms with E-state index in [2.05, 4.69) is 14.7 Å². The van der Waals surface area contributed by atoms with Crippen LogP contribution in [0.2, 0.25) is 0 Å². The number of H-pyrrole nitrogens is 1. The number of nitrogens with zero attached hydrogens (tertiary/aromatic N) is 1. The number of pyridine rings is 1. The highest BCUT2D eigenvalue weighted by Gasteiger charge is 2.37. The molecule has 3 N–H and O–H groups in total. The molecule has 0 spiro atoms. The van der Waals surface area contributed by atoms with Crippen molar-refractivity contribution in [1.29, 1.82) is 0 Å². The van der Waals surface area contributed by atoms with E-state index in [-0.39, 0.29) is 0 Å². The lowest BCUT2D eigenvalue weighted by molar-refractivity contribution is 0.218. The minimum Gasteiger partial charge on any atom is -0.531 e. The Bertz CT molecular complexity index is 760. The van der Waals surface area contributed by atoms with Crippen LogP contribution < -0.4 is 9.38 Å². The minimum atomic E-state index is -0.895. The molecule has 0 amide bonds. The summed E-state index contributed by atoms with van der Waals surface area (Å²) in [4.78, 5) is 7.49. The summed E-state index contributed by atoms with van der Waals surface area (Å²) in [6.07, 6.45) is 5.70. The molecule has 6 nitrogen and oxygen atoms in total. The number of rotatable bonds is 6. The Hall–Kier alpha value is -1.48.